The number of nitrogens with zero attached hydrogens (tertiary/aromatic N) is 1. The van der Waals surface area contributed by atoms with Crippen LogP contribution in [-0.4, -0.2) is 73.1 Å². The average molecular weight is 533 g/mol. The Morgan fingerprint density at radius 2 is 1.61 bits per heavy atom. The second kappa shape index (κ2) is 14.7. The standard InChI is InChI=1S/C27H40N4O7/c1-17(2)14-21(25(35)37-8)30-23(33)20(15-19-12-10-9-11-13-19)29-22(32)16-31(7)24(34)18(3)28-26(36)38-27(4,5)6/h9-13,15,17-18,21H,14,16H2,1-8H3,(H,28,36)(H,29,32)(H,30,33)/b20-15-/t18-,21-/m0/s1. The molecule has 0 unspecified atom stereocenters. The number of likely N-dealkylation sites (N-methyl/N-ethyl adjacent to an activating group) is 1. The van der Waals surface area contributed by atoms with Gasteiger partial charge in [-0.2, -0.15) is 0 Å². The Morgan fingerprint density at radius 1 is 1.00 bits per heavy atom. The Balaban J connectivity index is 2.99. The molecule has 0 saturated heterocycles. The maximum absolute atomic E-state index is 13.1. The summed E-state index contributed by atoms with van der Waals surface area (Å²) in [6.07, 6.45) is 1.04. The zero-order valence-electron chi connectivity index (χ0n) is 23.4. The van der Waals surface area contributed by atoms with Crippen molar-refractivity contribution in [3.8, 4) is 0 Å². The van der Waals surface area contributed by atoms with Crippen molar-refractivity contribution in [2.24, 2.45) is 5.92 Å². The lowest BCUT2D eigenvalue weighted by Gasteiger charge is -2.24. The topological polar surface area (TPSA) is 143 Å². The van der Waals surface area contributed by atoms with Gasteiger partial charge in [-0.3, -0.25) is 14.4 Å². The molecule has 0 spiro atoms. The molecule has 1 aromatic carbocycles. The molecule has 0 saturated carbocycles. The summed E-state index contributed by atoms with van der Waals surface area (Å²) in [6.45, 7) is 9.96. The Hall–Kier alpha value is -3.89. The van der Waals surface area contributed by atoms with E-state index in [1.165, 1.54) is 27.2 Å². The first-order valence-corrected chi connectivity index (χ1v) is 12.3. The molecule has 0 radical (unpaired) electrons. The molecule has 210 valence electrons. The molecule has 0 aliphatic carbocycles. The van der Waals surface area contributed by atoms with Gasteiger partial charge in [0.1, 0.15) is 23.4 Å². The van der Waals surface area contributed by atoms with Gasteiger partial charge in [-0.05, 0) is 51.7 Å². The van der Waals surface area contributed by atoms with E-state index in [1.807, 2.05) is 13.8 Å². The number of rotatable bonds is 11. The molecule has 11 nitrogen and oxygen atoms in total. The lowest BCUT2D eigenvalue weighted by molar-refractivity contribution is -0.145. The fourth-order valence-electron chi connectivity index (χ4n) is 3.30. The summed E-state index contributed by atoms with van der Waals surface area (Å²) >= 11 is 0. The predicted octanol–water partition coefficient (Wildman–Crippen LogP) is 2.22. The van der Waals surface area contributed by atoms with Crippen LogP contribution in [0.3, 0.4) is 0 Å². The number of carbonyl (C=O) groups is 5. The van der Waals surface area contributed by atoms with Crippen molar-refractivity contribution >= 4 is 35.9 Å². The van der Waals surface area contributed by atoms with Crippen LogP contribution < -0.4 is 16.0 Å². The molecule has 4 amide bonds. The molecule has 0 fully saturated rings. The number of hydrogen-bond donors (Lipinski definition) is 3. The van der Waals surface area contributed by atoms with Crippen molar-refractivity contribution in [2.45, 2.75) is 65.6 Å². The highest BCUT2D eigenvalue weighted by Crippen LogP contribution is 2.10. The van der Waals surface area contributed by atoms with E-state index in [0.29, 0.717) is 12.0 Å². The van der Waals surface area contributed by atoms with E-state index in [0.717, 1.165) is 4.90 Å². The summed E-state index contributed by atoms with van der Waals surface area (Å²) in [4.78, 5) is 63.9. The predicted molar refractivity (Wildman–Crippen MR) is 142 cm³/mol. The summed E-state index contributed by atoms with van der Waals surface area (Å²) < 4.78 is 9.96. The van der Waals surface area contributed by atoms with Gasteiger partial charge < -0.3 is 30.3 Å². The van der Waals surface area contributed by atoms with Crippen molar-refractivity contribution in [1.82, 2.24) is 20.9 Å². The molecule has 0 aromatic heterocycles. The Labute approximate surface area is 224 Å². The normalized spacial score (nSPS) is 13.1. The van der Waals surface area contributed by atoms with Crippen LogP contribution in [0.1, 0.15) is 53.5 Å². The molecule has 2 atom stereocenters. The first-order valence-electron chi connectivity index (χ1n) is 12.3. The molecular formula is C27H40N4O7. The summed E-state index contributed by atoms with van der Waals surface area (Å²) in [6, 6.07) is 6.96. The van der Waals surface area contributed by atoms with Gasteiger partial charge in [-0.15, -0.1) is 0 Å². The SMILES string of the molecule is COC(=O)[C@H](CC(C)C)NC(=O)/C(=C/c1ccccc1)NC(=O)CN(C)C(=O)[C@H](C)NC(=O)OC(C)(C)C. The van der Waals surface area contributed by atoms with Crippen molar-refractivity contribution in [3.05, 3.63) is 41.6 Å². The number of ether oxygens (including phenoxy) is 2. The third kappa shape index (κ3) is 11.9. The number of amides is 4. The van der Waals surface area contributed by atoms with Crippen LogP contribution in [0, 0.1) is 5.92 Å². The van der Waals surface area contributed by atoms with Gasteiger partial charge in [-0.1, -0.05) is 44.2 Å². The lowest BCUT2D eigenvalue weighted by atomic mass is 10.0. The van der Waals surface area contributed by atoms with Gasteiger partial charge in [0.25, 0.3) is 5.91 Å². The Bertz CT molecular complexity index is 1020. The first-order chi connectivity index (χ1) is 17.6. The highest BCUT2D eigenvalue weighted by molar-refractivity contribution is 6.03. The third-order valence-corrected chi connectivity index (χ3v) is 4.99. The second-order valence-corrected chi connectivity index (χ2v) is 10.3. The quantitative estimate of drug-likeness (QED) is 0.293. The number of hydrogen-bond acceptors (Lipinski definition) is 7. The van der Waals surface area contributed by atoms with E-state index in [1.54, 1.807) is 51.1 Å². The molecule has 1 rings (SSSR count). The van der Waals surface area contributed by atoms with E-state index < -0.39 is 54.0 Å². The zero-order chi connectivity index (χ0) is 29.0. The fourth-order valence-corrected chi connectivity index (χ4v) is 3.30. The van der Waals surface area contributed by atoms with E-state index in [-0.39, 0.29) is 11.6 Å². The molecule has 0 heterocycles. The van der Waals surface area contributed by atoms with E-state index >= 15 is 0 Å². The highest BCUT2D eigenvalue weighted by atomic mass is 16.6. The summed E-state index contributed by atoms with van der Waals surface area (Å²) in [7, 11) is 2.63. The summed E-state index contributed by atoms with van der Waals surface area (Å²) in [5.74, 6) is -2.39. The fraction of sp³-hybridized carbons (Fsp3) is 0.519. The largest absolute Gasteiger partial charge is 0.467 e. The first kappa shape index (κ1) is 32.1. The van der Waals surface area contributed by atoms with Crippen LogP contribution in [0.25, 0.3) is 6.08 Å². The highest BCUT2D eigenvalue weighted by Gasteiger charge is 2.27. The van der Waals surface area contributed by atoms with Gasteiger partial charge in [-0.25, -0.2) is 9.59 Å². The van der Waals surface area contributed by atoms with Crippen LogP contribution >= 0.6 is 0 Å². The summed E-state index contributed by atoms with van der Waals surface area (Å²) in [5.41, 5.74) is -0.210. The second-order valence-electron chi connectivity index (χ2n) is 10.3. The summed E-state index contributed by atoms with van der Waals surface area (Å²) in [5, 5.41) is 7.58. The lowest BCUT2D eigenvalue weighted by Crippen LogP contribution is -2.50. The molecule has 0 bridgehead atoms. The van der Waals surface area contributed by atoms with Gasteiger partial charge in [0.2, 0.25) is 11.8 Å². The van der Waals surface area contributed by atoms with Crippen LogP contribution in [0.5, 0.6) is 0 Å². The number of carbonyl (C=O) groups excluding carboxylic acids is 5. The zero-order valence-corrected chi connectivity index (χ0v) is 23.4. The number of benzene rings is 1. The molecule has 3 N–H and O–H groups in total. The molecule has 38 heavy (non-hydrogen) atoms. The van der Waals surface area contributed by atoms with Crippen molar-refractivity contribution in [3.63, 3.8) is 0 Å². The van der Waals surface area contributed by atoms with Crippen molar-refractivity contribution < 1.29 is 33.4 Å². The van der Waals surface area contributed by atoms with Gasteiger partial charge in [0.15, 0.2) is 0 Å². The molecule has 11 heteroatoms. The van der Waals surface area contributed by atoms with E-state index in [9.17, 15) is 24.0 Å². The molecular weight excluding hydrogens is 492 g/mol. The molecule has 0 aliphatic rings. The van der Waals surface area contributed by atoms with Gasteiger partial charge >= 0.3 is 12.1 Å². The monoisotopic (exact) mass is 532 g/mol. The van der Waals surface area contributed by atoms with Crippen LogP contribution in [-0.2, 0) is 28.7 Å². The number of esters is 1. The Kier molecular flexibility index (Phi) is 12.5. The van der Waals surface area contributed by atoms with Crippen LogP contribution in [0.4, 0.5) is 4.79 Å². The third-order valence-electron chi connectivity index (χ3n) is 4.99. The minimum absolute atomic E-state index is 0.0893. The maximum atomic E-state index is 13.1. The van der Waals surface area contributed by atoms with Gasteiger partial charge in [0, 0.05) is 7.05 Å². The maximum Gasteiger partial charge on any atom is 0.408 e. The van der Waals surface area contributed by atoms with Crippen molar-refractivity contribution in [2.75, 3.05) is 20.7 Å². The van der Waals surface area contributed by atoms with Crippen LogP contribution in [0.2, 0.25) is 0 Å². The minimum atomic E-state index is -0.956. The average Bonchev–Trinajstić information content (AvgIpc) is 2.81. The number of alkyl carbamates (subject to hydrolysis) is 1. The van der Waals surface area contributed by atoms with Crippen molar-refractivity contribution in [1.29, 1.82) is 0 Å². The van der Waals surface area contributed by atoms with E-state index in [4.69, 9.17) is 9.47 Å². The minimum Gasteiger partial charge on any atom is -0.467 e. The van der Waals surface area contributed by atoms with Crippen LogP contribution in [0.15, 0.2) is 36.0 Å². The molecule has 0 aliphatic heterocycles. The van der Waals surface area contributed by atoms with E-state index in [2.05, 4.69) is 16.0 Å². The number of methoxy groups -OCH3 is 1. The number of nitrogens with one attached hydrogen (secondary N) is 3. The molecule has 1 aromatic rings. The Morgan fingerprint density at radius 3 is 2.13 bits per heavy atom. The van der Waals surface area contributed by atoms with Gasteiger partial charge in [0.05, 0.1) is 13.7 Å². The smallest absolute Gasteiger partial charge is 0.408 e.